The molecule has 0 saturated heterocycles. The first-order chi connectivity index (χ1) is 6.99. The highest BCUT2D eigenvalue weighted by Crippen LogP contribution is 2.15. The molecule has 0 saturated carbocycles. The van der Waals surface area contributed by atoms with Crippen LogP contribution in [-0.4, -0.2) is 11.0 Å². The standard InChI is InChI=1S/C12H15NO2/c1-8-4-5-11(9(2)6-8)13-12(15)7-10(3)14/h4-7,14H,1-3H3,(H,13,15)/b10-7-. The number of aliphatic hydroxyl groups is 1. The number of aliphatic hydroxyl groups excluding tert-OH is 1. The molecule has 3 nitrogen and oxygen atoms in total. The molecule has 80 valence electrons. The second-order valence-corrected chi connectivity index (χ2v) is 3.59. The number of hydrogen-bond acceptors (Lipinski definition) is 2. The number of anilines is 1. The van der Waals surface area contributed by atoms with Gasteiger partial charge >= 0.3 is 0 Å². The summed E-state index contributed by atoms with van der Waals surface area (Å²) in [7, 11) is 0. The van der Waals surface area contributed by atoms with E-state index in [0.717, 1.165) is 22.9 Å². The molecule has 1 amide bonds. The number of carbonyl (C=O) groups is 1. The fourth-order valence-corrected chi connectivity index (χ4v) is 1.31. The van der Waals surface area contributed by atoms with E-state index in [4.69, 9.17) is 5.11 Å². The highest BCUT2D eigenvalue weighted by molar-refractivity contribution is 5.99. The maximum atomic E-state index is 11.3. The van der Waals surface area contributed by atoms with Gasteiger partial charge in [0.15, 0.2) is 0 Å². The highest BCUT2D eigenvalue weighted by atomic mass is 16.3. The SMILES string of the molecule is C/C(O)=C/C(=O)Nc1ccc(C)cc1C. The van der Waals surface area contributed by atoms with Gasteiger partial charge in [-0.3, -0.25) is 4.79 Å². The van der Waals surface area contributed by atoms with E-state index in [2.05, 4.69) is 5.32 Å². The summed E-state index contributed by atoms with van der Waals surface area (Å²) >= 11 is 0. The topological polar surface area (TPSA) is 49.3 Å². The molecule has 3 heteroatoms. The number of amides is 1. The van der Waals surface area contributed by atoms with Crippen LogP contribution >= 0.6 is 0 Å². The maximum absolute atomic E-state index is 11.3. The van der Waals surface area contributed by atoms with Crippen molar-refractivity contribution in [3.8, 4) is 0 Å². The Morgan fingerprint density at radius 1 is 1.40 bits per heavy atom. The third-order valence-corrected chi connectivity index (χ3v) is 1.98. The minimum Gasteiger partial charge on any atom is -0.512 e. The summed E-state index contributed by atoms with van der Waals surface area (Å²) in [6.07, 6.45) is 1.15. The molecule has 0 atom stereocenters. The van der Waals surface area contributed by atoms with Gasteiger partial charge in [0, 0.05) is 11.8 Å². The van der Waals surface area contributed by atoms with Gasteiger partial charge in [-0.25, -0.2) is 0 Å². The summed E-state index contributed by atoms with van der Waals surface area (Å²) in [5.41, 5.74) is 2.93. The van der Waals surface area contributed by atoms with Crippen LogP contribution in [0.2, 0.25) is 0 Å². The Balaban J connectivity index is 2.82. The highest BCUT2D eigenvalue weighted by Gasteiger charge is 2.02. The zero-order valence-corrected chi connectivity index (χ0v) is 9.16. The van der Waals surface area contributed by atoms with Crippen molar-refractivity contribution in [2.45, 2.75) is 20.8 Å². The largest absolute Gasteiger partial charge is 0.512 e. The normalized spacial score (nSPS) is 11.3. The zero-order valence-electron chi connectivity index (χ0n) is 9.16. The molecule has 0 spiro atoms. The fraction of sp³-hybridized carbons (Fsp3) is 0.250. The third-order valence-electron chi connectivity index (χ3n) is 1.98. The van der Waals surface area contributed by atoms with Gasteiger partial charge < -0.3 is 10.4 Å². The van der Waals surface area contributed by atoms with Gasteiger partial charge in [0.05, 0.1) is 5.76 Å². The lowest BCUT2D eigenvalue weighted by atomic mass is 10.1. The molecule has 0 aliphatic carbocycles. The van der Waals surface area contributed by atoms with Gasteiger partial charge in [0.25, 0.3) is 5.91 Å². The van der Waals surface area contributed by atoms with Crippen LogP contribution < -0.4 is 5.32 Å². The monoisotopic (exact) mass is 205 g/mol. The minimum absolute atomic E-state index is 0.00253. The van der Waals surface area contributed by atoms with Crippen molar-refractivity contribution in [3.63, 3.8) is 0 Å². The van der Waals surface area contributed by atoms with E-state index in [0.29, 0.717) is 0 Å². The van der Waals surface area contributed by atoms with Crippen molar-refractivity contribution >= 4 is 11.6 Å². The number of rotatable bonds is 2. The Hall–Kier alpha value is -1.77. The summed E-state index contributed by atoms with van der Waals surface area (Å²) in [5.74, 6) is -0.320. The second kappa shape index (κ2) is 4.64. The average Bonchev–Trinajstić information content (AvgIpc) is 2.08. The van der Waals surface area contributed by atoms with E-state index in [1.165, 1.54) is 6.92 Å². The third kappa shape index (κ3) is 3.46. The van der Waals surface area contributed by atoms with E-state index in [9.17, 15) is 4.79 Å². The van der Waals surface area contributed by atoms with Gasteiger partial charge in [-0.1, -0.05) is 17.7 Å². The summed E-state index contributed by atoms with van der Waals surface area (Å²) < 4.78 is 0. The van der Waals surface area contributed by atoms with Crippen LogP contribution in [0.25, 0.3) is 0 Å². The van der Waals surface area contributed by atoms with Gasteiger partial charge in [-0.2, -0.15) is 0 Å². The molecule has 0 radical (unpaired) electrons. The first kappa shape index (κ1) is 11.3. The van der Waals surface area contributed by atoms with Crippen LogP contribution in [0.15, 0.2) is 30.0 Å². The van der Waals surface area contributed by atoms with Crippen molar-refractivity contribution < 1.29 is 9.90 Å². The number of carbonyl (C=O) groups excluding carboxylic acids is 1. The Labute approximate surface area is 89.4 Å². The second-order valence-electron chi connectivity index (χ2n) is 3.59. The molecule has 1 rings (SSSR count). The predicted molar refractivity (Wildman–Crippen MR) is 60.9 cm³/mol. The summed E-state index contributed by atoms with van der Waals surface area (Å²) in [4.78, 5) is 11.3. The van der Waals surface area contributed by atoms with Crippen LogP contribution in [0.3, 0.4) is 0 Å². The van der Waals surface area contributed by atoms with E-state index in [1.807, 2.05) is 32.0 Å². The molecule has 0 unspecified atom stereocenters. The molecular formula is C12H15NO2. The summed E-state index contributed by atoms with van der Waals surface area (Å²) in [5, 5.41) is 11.6. The lowest BCUT2D eigenvalue weighted by Gasteiger charge is -2.06. The van der Waals surface area contributed by atoms with E-state index >= 15 is 0 Å². The Morgan fingerprint density at radius 2 is 2.07 bits per heavy atom. The van der Waals surface area contributed by atoms with Crippen molar-refractivity contribution in [2.24, 2.45) is 0 Å². The summed E-state index contributed by atoms with van der Waals surface area (Å²) in [6.45, 7) is 5.39. The van der Waals surface area contributed by atoms with Crippen LogP contribution in [0.5, 0.6) is 0 Å². The molecular weight excluding hydrogens is 190 g/mol. The maximum Gasteiger partial charge on any atom is 0.251 e. The van der Waals surface area contributed by atoms with Crippen molar-refractivity contribution in [1.29, 1.82) is 0 Å². The molecule has 1 aromatic rings. The number of hydrogen-bond donors (Lipinski definition) is 2. The van der Waals surface area contributed by atoms with Gasteiger partial charge in [0.2, 0.25) is 0 Å². The lowest BCUT2D eigenvalue weighted by Crippen LogP contribution is -2.09. The predicted octanol–water partition coefficient (Wildman–Crippen LogP) is 2.70. The zero-order chi connectivity index (χ0) is 11.4. The fourth-order valence-electron chi connectivity index (χ4n) is 1.31. The lowest BCUT2D eigenvalue weighted by molar-refractivity contribution is -0.112. The molecule has 0 fully saturated rings. The van der Waals surface area contributed by atoms with Gasteiger partial charge in [-0.05, 0) is 32.4 Å². The number of allylic oxidation sites excluding steroid dienone is 1. The Bertz CT molecular complexity index is 404. The number of benzene rings is 1. The van der Waals surface area contributed by atoms with Crippen molar-refractivity contribution in [3.05, 3.63) is 41.2 Å². The van der Waals surface area contributed by atoms with Crippen LogP contribution in [-0.2, 0) is 4.79 Å². The van der Waals surface area contributed by atoms with Crippen molar-refractivity contribution in [1.82, 2.24) is 0 Å². The first-order valence-electron chi connectivity index (χ1n) is 4.74. The first-order valence-corrected chi connectivity index (χ1v) is 4.74. The van der Waals surface area contributed by atoms with Crippen LogP contribution in [0, 0.1) is 13.8 Å². The summed E-state index contributed by atoms with van der Waals surface area (Å²) in [6, 6.07) is 5.77. The van der Waals surface area contributed by atoms with Gasteiger partial charge in [0.1, 0.15) is 0 Å². The smallest absolute Gasteiger partial charge is 0.251 e. The molecule has 0 aliphatic heterocycles. The Morgan fingerprint density at radius 3 is 2.60 bits per heavy atom. The number of nitrogens with one attached hydrogen (secondary N) is 1. The molecule has 1 aromatic carbocycles. The molecule has 0 heterocycles. The van der Waals surface area contributed by atoms with E-state index in [1.54, 1.807) is 0 Å². The van der Waals surface area contributed by atoms with Gasteiger partial charge in [-0.15, -0.1) is 0 Å². The van der Waals surface area contributed by atoms with Crippen LogP contribution in [0.1, 0.15) is 18.1 Å². The van der Waals surface area contributed by atoms with E-state index < -0.39 is 0 Å². The molecule has 0 aromatic heterocycles. The average molecular weight is 205 g/mol. The number of aryl methyl sites for hydroxylation is 2. The molecule has 15 heavy (non-hydrogen) atoms. The quantitative estimate of drug-likeness (QED) is 0.576. The molecule has 0 aliphatic rings. The van der Waals surface area contributed by atoms with Crippen LogP contribution in [0.4, 0.5) is 5.69 Å². The molecule has 2 N–H and O–H groups in total. The Kier molecular flexibility index (Phi) is 3.50. The van der Waals surface area contributed by atoms with E-state index in [-0.39, 0.29) is 11.7 Å². The molecule has 0 bridgehead atoms. The van der Waals surface area contributed by atoms with Crippen molar-refractivity contribution in [2.75, 3.05) is 5.32 Å². The minimum atomic E-state index is -0.318.